The molecule has 0 heterocycles. The molecular weight excluding hydrogens is 378 g/mol. The summed E-state index contributed by atoms with van der Waals surface area (Å²) in [5.74, 6) is -1.30. The van der Waals surface area contributed by atoms with Crippen LogP contribution >= 0.6 is 23.2 Å². The number of carbonyl (C=O) groups is 1. The zero-order valence-electron chi connectivity index (χ0n) is 12.5. The molecule has 0 aliphatic rings. The van der Waals surface area contributed by atoms with E-state index < -0.39 is 28.3 Å². The second-order valence-electron chi connectivity index (χ2n) is 4.89. The molecular formula is C15H13Cl2FN2O3S. The molecule has 0 fully saturated rings. The predicted molar refractivity (Wildman–Crippen MR) is 91.3 cm³/mol. The molecule has 0 atom stereocenters. The summed E-state index contributed by atoms with van der Waals surface area (Å²) in [6, 6.07) is 9.34. The van der Waals surface area contributed by atoms with Crippen molar-refractivity contribution in [1.29, 1.82) is 0 Å². The summed E-state index contributed by atoms with van der Waals surface area (Å²) < 4.78 is 38.9. The fourth-order valence-corrected chi connectivity index (χ4v) is 3.22. The molecule has 0 radical (unpaired) electrons. The van der Waals surface area contributed by atoms with Crippen LogP contribution in [-0.4, -0.2) is 32.2 Å². The maximum atomic E-state index is 13.3. The number of carbonyl (C=O) groups excluding carboxylic acids is 1. The number of benzene rings is 2. The van der Waals surface area contributed by atoms with E-state index in [9.17, 15) is 17.6 Å². The Labute approximate surface area is 149 Å². The molecule has 5 nitrogen and oxygen atoms in total. The van der Waals surface area contributed by atoms with Crippen molar-refractivity contribution in [1.82, 2.24) is 4.31 Å². The second kappa shape index (κ2) is 7.48. The number of nitrogens with zero attached hydrogens (tertiary/aromatic N) is 1. The quantitative estimate of drug-likeness (QED) is 0.850. The van der Waals surface area contributed by atoms with E-state index in [0.29, 0.717) is 5.02 Å². The first-order valence-electron chi connectivity index (χ1n) is 6.67. The lowest BCUT2D eigenvalue weighted by Crippen LogP contribution is -2.34. The third-order valence-corrected chi connectivity index (χ3v) is 5.47. The lowest BCUT2D eigenvalue weighted by Gasteiger charge is -2.17. The lowest BCUT2D eigenvalue weighted by molar-refractivity contribution is -0.116. The van der Waals surface area contributed by atoms with Gasteiger partial charge in [-0.2, -0.15) is 4.31 Å². The van der Waals surface area contributed by atoms with Crippen molar-refractivity contribution in [2.75, 3.05) is 18.9 Å². The molecule has 0 aliphatic carbocycles. The molecule has 2 rings (SSSR count). The number of amides is 1. The first-order chi connectivity index (χ1) is 11.2. The molecule has 1 amide bonds. The standard InChI is InChI=1S/C15H13Cl2FN2O3S/c1-20(24(22,23)12-5-2-10(16)3-6-12)9-15(21)19-11-4-7-13(17)14(18)8-11/h2-8H,9H2,1H3,(H,19,21). The van der Waals surface area contributed by atoms with Crippen LogP contribution < -0.4 is 5.32 Å². The van der Waals surface area contributed by atoms with Crippen LogP contribution in [0.5, 0.6) is 0 Å². The van der Waals surface area contributed by atoms with Crippen LogP contribution in [0.1, 0.15) is 0 Å². The van der Waals surface area contributed by atoms with Gasteiger partial charge < -0.3 is 5.32 Å². The fraction of sp³-hybridized carbons (Fsp3) is 0.133. The van der Waals surface area contributed by atoms with Gasteiger partial charge in [-0.05, 0) is 42.5 Å². The zero-order chi connectivity index (χ0) is 17.9. The number of halogens is 3. The van der Waals surface area contributed by atoms with Crippen LogP contribution in [0.3, 0.4) is 0 Å². The van der Waals surface area contributed by atoms with Gasteiger partial charge in [0.15, 0.2) is 0 Å². The maximum Gasteiger partial charge on any atom is 0.243 e. The number of rotatable bonds is 5. The van der Waals surface area contributed by atoms with Crippen molar-refractivity contribution in [2.45, 2.75) is 4.90 Å². The molecule has 2 aromatic carbocycles. The summed E-state index contributed by atoms with van der Waals surface area (Å²) >= 11 is 11.3. The number of sulfonamides is 1. The minimum Gasteiger partial charge on any atom is -0.325 e. The van der Waals surface area contributed by atoms with E-state index in [1.54, 1.807) is 0 Å². The highest BCUT2D eigenvalue weighted by molar-refractivity contribution is 7.89. The van der Waals surface area contributed by atoms with Crippen molar-refractivity contribution in [3.63, 3.8) is 0 Å². The molecule has 0 aliphatic heterocycles. The highest BCUT2D eigenvalue weighted by Gasteiger charge is 2.23. The van der Waals surface area contributed by atoms with Gasteiger partial charge in [-0.15, -0.1) is 0 Å². The summed E-state index contributed by atoms with van der Waals surface area (Å²) in [5.41, 5.74) is 0.180. The monoisotopic (exact) mass is 390 g/mol. The van der Waals surface area contributed by atoms with E-state index in [1.807, 2.05) is 0 Å². The van der Waals surface area contributed by atoms with E-state index >= 15 is 0 Å². The van der Waals surface area contributed by atoms with Crippen LogP contribution in [0.15, 0.2) is 47.4 Å². The van der Waals surface area contributed by atoms with Crippen LogP contribution in [0.4, 0.5) is 10.1 Å². The molecule has 0 unspecified atom stereocenters. The van der Waals surface area contributed by atoms with Gasteiger partial charge >= 0.3 is 0 Å². The average Bonchev–Trinajstić information content (AvgIpc) is 2.51. The second-order valence-corrected chi connectivity index (χ2v) is 7.78. The molecule has 0 saturated carbocycles. The van der Waals surface area contributed by atoms with E-state index in [1.165, 1.54) is 43.4 Å². The molecule has 128 valence electrons. The number of hydrogen-bond acceptors (Lipinski definition) is 3. The Bertz CT molecular complexity index is 858. The predicted octanol–water partition coefficient (Wildman–Crippen LogP) is 3.39. The topological polar surface area (TPSA) is 66.5 Å². The van der Waals surface area contributed by atoms with Gasteiger partial charge in [0.2, 0.25) is 15.9 Å². The smallest absolute Gasteiger partial charge is 0.243 e. The Morgan fingerprint density at radius 3 is 2.38 bits per heavy atom. The zero-order valence-corrected chi connectivity index (χ0v) is 14.8. The van der Waals surface area contributed by atoms with Crippen molar-refractivity contribution in [2.24, 2.45) is 0 Å². The van der Waals surface area contributed by atoms with Gasteiger partial charge in [0.1, 0.15) is 5.82 Å². The first-order valence-corrected chi connectivity index (χ1v) is 8.86. The van der Waals surface area contributed by atoms with E-state index in [2.05, 4.69) is 5.32 Å². The summed E-state index contributed by atoms with van der Waals surface area (Å²) in [4.78, 5) is 12.0. The molecule has 9 heteroatoms. The SMILES string of the molecule is CN(CC(=O)Nc1ccc(Cl)c(F)c1)S(=O)(=O)c1ccc(Cl)cc1. The Kier molecular flexibility index (Phi) is 5.82. The van der Waals surface area contributed by atoms with Crippen LogP contribution in [0.2, 0.25) is 10.0 Å². The van der Waals surface area contributed by atoms with Gasteiger partial charge in [0.05, 0.1) is 16.5 Å². The summed E-state index contributed by atoms with van der Waals surface area (Å²) in [6.45, 7) is -0.435. The van der Waals surface area contributed by atoms with Crippen LogP contribution in [0.25, 0.3) is 0 Å². The van der Waals surface area contributed by atoms with Gasteiger partial charge in [-0.1, -0.05) is 23.2 Å². The van der Waals surface area contributed by atoms with Gasteiger partial charge in [0.25, 0.3) is 0 Å². The molecule has 0 bridgehead atoms. The largest absolute Gasteiger partial charge is 0.325 e. The average molecular weight is 391 g/mol. The lowest BCUT2D eigenvalue weighted by atomic mass is 10.3. The van der Waals surface area contributed by atoms with E-state index in [0.717, 1.165) is 10.4 Å². The van der Waals surface area contributed by atoms with Crippen molar-refractivity contribution in [3.8, 4) is 0 Å². The summed E-state index contributed by atoms with van der Waals surface area (Å²) in [7, 11) is -2.57. The van der Waals surface area contributed by atoms with Crippen molar-refractivity contribution >= 4 is 44.8 Å². The van der Waals surface area contributed by atoms with Crippen molar-refractivity contribution < 1.29 is 17.6 Å². The van der Waals surface area contributed by atoms with E-state index in [-0.39, 0.29) is 15.6 Å². The molecule has 0 aromatic heterocycles. The molecule has 24 heavy (non-hydrogen) atoms. The number of hydrogen-bond donors (Lipinski definition) is 1. The Morgan fingerprint density at radius 2 is 1.79 bits per heavy atom. The summed E-state index contributed by atoms with van der Waals surface area (Å²) in [6.07, 6.45) is 0. The minimum absolute atomic E-state index is 0.0136. The van der Waals surface area contributed by atoms with Crippen molar-refractivity contribution in [3.05, 3.63) is 58.3 Å². The number of nitrogens with one attached hydrogen (secondary N) is 1. The third kappa shape index (κ3) is 4.45. The number of anilines is 1. The molecule has 1 N–H and O–H groups in total. The first kappa shape index (κ1) is 18.7. The Morgan fingerprint density at radius 1 is 1.17 bits per heavy atom. The van der Waals surface area contributed by atoms with E-state index in [4.69, 9.17) is 23.2 Å². The maximum absolute atomic E-state index is 13.3. The normalized spacial score (nSPS) is 11.5. The summed E-state index contributed by atoms with van der Waals surface area (Å²) in [5, 5.41) is 2.74. The van der Waals surface area contributed by atoms with Gasteiger partial charge in [0, 0.05) is 17.8 Å². The van der Waals surface area contributed by atoms with Gasteiger partial charge in [-0.3, -0.25) is 4.79 Å². The van der Waals surface area contributed by atoms with Gasteiger partial charge in [-0.25, -0.2) is 12.8 Å². The van der Waals surface area contributed by atoms with Crippen LogP contribution in [0, 0.1) is 5.82 Å². The van der Waals surface area contributed by atoms with Crippen LogP contribution in [-0.2, 0) is 14.8 Å². The Hall–Kier alpha value is -1.67. The highest BCUT2D eigenvalue weighted by atomic mass is 35.5. The molecule has 0 spiro atoms. The number of likely N-dealkylation sites (N-methyl/N-ethyl adjacent to an activating group) is 1. The molecule has 2 aromatic rings. The Balaban J connectivity index is 2.07. The highest BCUT2D eigenvalue weighted by Crippen LogP contribution is 2.20. The third-order valence-electron chi connectivity index (χ3n) is 3.09. The minimum atomic E-state index is -3.84. The fourth-order valence-electron chi connectivity index (χ4n) is 1.85. The molecule has 0 saturated heterocycles.